The number of carbonyl (C=O) groups is 1. The number of esters is 1. The van der Waals surface area contributed by atoms with E-state index in [-0.39, 0.29) is 17.8 Å². The SMILES string of the molecule is COC(=O)C1Sc2nnc(C)n2NC1c1ccc(F)cc1. The Morgan fingerprint density at radius 1 is 1.38 bits per heavy atom. The highest BCUT2D eigenvalue weighted by atomic mass is 32.2. The van der Waals surface area contributed by atoms with Crippen molar-refractivity contribution in [1.82, 2.24) is 14.9 Å². The minimum atomic E-state index is -0.517. The van der Waals surface area contributed by atoms with Gasteiger partial charge in [0.05, 0.1) is 13.2 Å². The molecule has 3 rings (SSSR count). The Labute approximate surface area is 124 Å². The number of hydrogen-bond acceptors (Lipinski definition) is 6. The predicted octanol–water partition coefficient (Wildman–Crippen LogP) is 1.66. The van der Waals surface area contributed by atoms with Crippen LogP contribution >= 0.6 is 11.8 Å². The number of carbonyl (C=O) groups excluding carboxylic acids is 1. The van der Waals surface area contributed by atoms with Gasteiger partial charge >= 0.3 is 5.97 Å². The van der Waals surface area contributed by atoms with Crippen LogP contribution in [0.2, 0.25) is 0 Å². The highest BCUT2D eigenvalue weighted by molar-refractivity contribution is 8.00. The second-order valence-corrected chi connectivity index (χ2v) is 5.69. The van der Waals surface area contributed by atoms with Gasteiger partial charge in [0.2, 0.25) is 5.16 Å². The zero-order valence-corrected chi connectivity index (χ0v) is 12.2. The zero-order chi connectivity index (χ0) is 15.0. The van der Waals surface area contributed by atoms with Crippen LogP contribution in [0.4, 0.5) is 4.39 Å². The first-order valence-electron chi connectivity index (χ1n) is 6.28. The molecule has 2 aromatic rings. The van der Waals surface area contributed by atoms with Crippen molar-refractivity contribution in [2.75, 3.05) is 12.5 Å². The lowest BCUT2D eigenvalue weighted by molar-refractivity contribution is -0.140. The minimum absolute atomic E-state index is 0.321. The van der Waals surface area contributed by atoms with Crippen molar-refractivity contribution in [2.24, 2.45) is 0 Å². The molecular weight excluding hydrogens is 295 g/mol. The first-order valence-corrected chi connectivity index (χ1v) is 7.16. The molecule has 0 saturated carbocycles. The Morgan fingerprint density at radius 3 is 2.76 bits per heavy atom. The maximum absolute atomic E-state index is 13.1. The molecule has 6 nitrogen and oxygen atoms in total. The van der Waals surface area contributed by atoms with Crippen LogP contribution in [-0.2, 0) is 9.53 Å². The number of nitrogens with one attached hydrogen (secondary N) is 1. The Morgan fingerprint density at radius 2 is 2.10 bits per heavy atom. The van der Waals surface area contributed by atoms with E-state index in [2.05, 4.69) is 15.6 Å². The smallest absolute Gasteiger partial charge is 0.321 e. The van der Waals surface area contributed by atoms with Crippen LogP contribution in [-0.4, -0.2) is 33.2 Å². The van der Waals surface area contributed by atoms with Gasteiger partial charge in [-0.2, -0.15) is 0 Å². The Balaban J connectivity index is 2.00. The van der Waals surface area contributed by atoms with Gasteiger partial charge in [-0.15, -0.1) is 10.2 Å². The van der Waals surface area contributed by atoms with Gasteiger partial charge in [-0.05, 0) is 24.6 Å². The lowest BCUT2D eigenvalue weighted by Gasteiger charge is -2.31. The summed E-state index contributed by atoms with van der Waals surface area (Å²) in [5, 5.41) is 8.07. The number of rotatable bonds is 2. The number of thioether (sulfide) groups is 1. The van der Waals surface area contributed by atoms with Crippen LogP contribution in [0.1, 0.15) is 17.4 Å². The summed E-state index contributed by atoms with van der Waals surface area (Å²) >= 11 is 1.28. The quantitative estimate of drug-likeness (QED) is 0.851. The van der Waals surface area contributed by atoms with E-state index in [1.807, 2.05) is 6.92 Å². The van der Waals surface area contributed by atoms with Crippen molar-refractivity contribution in [1.29, 1.82) is 0 Å². The highest BCUT2D eigenvalue weighted by Gasteiger charge is 2.38. The van der Waals surface area contributed by atoms with Crippen LogP contribution in [0.3, 0.4) is 0 Å². The van der Waals surface area contributed by atoms with Gasteiger partial charge in [-0.3, -0.25) is 4.79 Å². The Hall–Kier alpha value is -2.09. The number of fused-ring (bicyclic) bond motifs is 1. The number of benzene rings is 1. The highest BCUT2D eigenvalue weighted by Crippen LogP contribution is 2.37. The number of ether oxygens (including phenoxy) is 1. The average Bonchev–Trinajstić information content (AvgIpc) is 2.87. The monoisotopic (exact) mass is 308 g/mol. The van der Waals surface area contributed by atoms with Crippen LogP contribution < -0.4 is 5.43 Å². The number of hydrogen-bond donors (Lipinski definition) is 1. The van der Waals surface area contributed by atoms with E-state index in [1.54, 1.807) is 16.8 Å². The van der Waals surface area contributed by atoms with Crippen molar-refractivity contribution in [2.45, 2.75) is 23.4 Å². The lowest BCUT2D eigenvalue weighted by Crippen LogP contribution is -2.39. The maximum Gasteiger partial charge on any atom is 0.321 e. The summed E-state index contributed by atoms with van der Waals surface area (Å²) in [5.74, 6) is -0.000321. The topological polar surface area (TPSA) is 69.0 Å². The number of aromatic nitrogens is 3. The van der Waals surface area contributed by atoms with Crippen LogP contribution in [0.15, 0.2) is 29.4 Å². The maximum atomic E-state index is 13.1. The van der Waals surface area contributed by atoms with Crippen molar-refractivity contribution < 1.29 is 13.9 Å². The van der Waals surface area contributed by atoms with Crippen LogP contribution in [0, 0.1) is 12.7 Å². The van der Waals surface area contributed by atoms with Crippen molar-refractivity contribution >= 4 is 17.7 Å². The van der Waals surface area contributed by atoms with E-state index in [9.17, 15) is 9.18 Å². The van der Waals surface area contributed by atoms with E-state index in [0.717, 1.165) is 5.56 Å². The molecule has 0 spiro atoms. The summed E-state index contributed by atoms with van der Waals surface area (Å²) < 4.78 is 19.7. The summed E-state index contributed by atoms with van der Waals surface area (Å²) in [5.41, 5.74) is 3.98. The van der Waals surface area contributed by atoms with Crippen LogP contribution in [0.5, 0.6) is 0 Å². The molecule has 1 aliphatic rings. The fourth-order valence-corrected chi connectivity index (χ4v) is 3.33. The largest absolute Gasteiger partial charge is 0.468 e. The predicted molar refractivity (Wildman–Crippen MR) is 74.9 cm³/mol. The molecule has 0 fully saturated rings. The average molecular weight is 308 g/mol. The molecule has 0 aliphatic carbocycles. The van der Waals surface area contributed by atoms with Gasteiger partial charge in [0, 0.05) is 0 Å². The van der Waals surface area contributed by atoms with Crippen molar-refractivity contribution in [3.8, 4) is 0 Å². The Bertz CT molecular complexity index is 673. The molecule has 2 atom stereocenters. The van der Waals surface area contributed by atoms with Gasteiger partial charge < -0.3 is 10.2 Å². The second-order valence-electron chi connectivity index (χ2n) is 4.59. The number of nitrogens with zero attached hydrogens (tertiary/aromatic N) is 3. The molecule has 1 aromatic carbocycles. The van der Waals surface area contributed by atoms with Gasteiger partial charge in [-0.25, -0.2) is 9.07 Å². The third-order valence-corrected chi connectivity index (χ3v) is 4.45. The van der Waals surface area contributed by atoms with Gasteiger partial charge in [0.15, 0.2) is 0 Å². The van der Waals surface area contributed by atoms with Gasteiger partial charge in [-0.1, -0.05) is 23.9 Å². The molecule has 0 amide bonds. The molecule has 0 saturated heterocycles. The first-order chi connectivity index (χ1) is 10.1. The van der Waals surface area contributed by atoms with E-state index >= 15 is 0 Å². The number of methoxy groups -OCH3 is 1. The van der Waals surface area contributed by atoms with Crippen molar-refractivity contribution in [3.05, 3.63) is 41.5 Å². The molecule has 1 aliphatic heterocycles. The third-order valence-electron chi connectivity index (χ3n) is 3.26. The molecule has 2 heterocycles. The fourth-order valence-electron chi connectivity index (χ4n) is 2.18. The summed E-state index contributed by atoms with van der Waals surface area (Å²) in [6.45, 7) is 1.81. The third kappa shape index (κ3) is 2.46. The standard InChI is InChI=1S/C13H13FN4O2S/c1-7-15-16-13-18(7)17-10(11(21-13)12(19)20-2)8-3-5-9(14)6-4-8/h3-6,10-11,17H,1-2H3. The molecule has 110 valence electrons. The molecule has 0 bridgehead atoms. The van der Waals surface area contributed by atoms with Gasteiger partial charge in [0.1, 0.15) is 16.9 Å². The molecule has 0 radical (unpaired) electrons. The first kappa shape index (κ1) is 13.9. The summed E-state index contributed by atoms with van der Waals surface area (Å²) in [6, 6.07) is 5.67. The molecule has 1 aromatic heterocycles. The Kier molecular flexibility index (Phi) is 3.54. The fraction of sp³-hybridized carbons (Fsp3) is 0.308. The van der Waals surface area contributed by atoms with E-state index in [0.29, 0.717) is 11.0 Å². The lowest BCUT2D eigenvalue weighted by atomic mass is 10.0. The number of aryl methyl sites for hydroxylation is 1. The summed E-state index contributed by atoms with van der Waals surface area (Å²) in [6.07, 6.45) is 0. The molecule has 1 N–H and O–H groups in total. The van der Waals surface area contributed by atoms with E-state index in [1.165, 1.54) is 31.0 Å². The zero-order valence-electron chi connectivity index (χ0n) is 11.4. The summed E-state index contributed by atoms with van der Waals surface area (Å²) in [7, 11) is 1.34. The minimum Gasteiger partial charge on any atom is -0.468 e. The van der Waals surface area contributed by atoms with E-state index in [4.69, 9.17) is 4.74 Å². The second kappa shape index (κ2) is 5.36. The van der Waals surface area contributed by atoms with Crippen LogP contribution in [0.25, 0.3) is 0 Å². The molecule has 2 unspecified atom stereocenters. The summed E-state index contributed by atoms with van der Waals surface area (Å²) in [4.78, 5) is 12.0. The molecule has 21 heavy (non-hydrogen) atoms. The molecule has 8 heteroatoms. The van der Waals surface area contributed by atoms with E-state index < -0.39 is 5.25 Å². The van der Waals surface area contributed by atoms with Crippen molar-refractivity contribution in [3.63, 3.8) is 0 Å². The van der Waals surface area contributed by atoms with Gasteiger partial charge in [0.25, 0.3) is 0 Å². The molecular formula is C13H13FN4O2S. The number of halogens is 1. The normalized spacial score (nSPS) is 20.5.